The van der Waals surface area contributed by atoms with E-state index >= 15 is 0 Å². The quantitative estimate of drug-likeness (QED) is 0.557. The van der Waals surface area contributed by atoms with E-state index in [4.69, 9.17) is 32.7 Å². The molecule has 0 amide bonds. The molecular weight excluding hydrogens is 383 g/mol. The number of rotatable bonds is 8. The summed E-state index contributed by atoms with van der Waals surface area (Å²) in [4.78, 5) is 4.02. The lowest BCUT2D eigenvalue weighted by molar-refractivity contribution is 0.284. The summed E-state index contributed by atoms with van der Waals surface area (Å²) < 4.78 is 11.4. The predicted molar refractivity (Wildman–Crippen MR) is 109 cm³/mol. The largest absolute Gasteiger partial charge is 0.493 e. The van der Waals surface area contributed by atoms with Crippen molar-refractivity contribution >= 4 is 23.2 Å². The molecule has 6 heteroatoms. The fourth-order valence-electron chi connectivity index (χ4n) is 2.60. The lowest BCUT2D eigenvalue weighted by Crippen LogP contribution is -2.13. The molecule has 3 rings (SSSR count). The smallest absolute Gasteiger partial charge is 0.180 e. The van der Waals surface area contributed by atoms with E-state index in [1.165, 1.54) is 5.56 Å². The van der Waals surface area contributed by atoms with Crippen LogP contribution in [0, 0.1) is 0 Å². The zero-order valence-corrected chi connectivity index (χ0v) is 16.4. The van der Waals surface area contributed by atoms with Crippen LogP contribution in [-0.4, -0.2) is 12.1 Å². The van der Waals surface area contributed by atoms with E-state index in [1.54, 1.807) is 19.5 Å². The summed E-state index contributed by atoms with van der Waals surface area (Å²) in [7, 11) is 1.61. The fraction of sp³-hybridized carbons (Fsp3) is 0.190. The van der Waals surface area contributed by atoms with E-state index in [9.17, 15) is 0 Å². The molecular formula is C21H20Cl2N2O2. The Morgan fingerprint density at radius 1 is 0.889 bits per heavy atom. The predicted octanol–water partition coefficient (Wildman–Crippen LogP) is 5.27. The monoisotopic (exact) mass is 402 g/mol. The van der Waals surface area contributed by atoms with Crippen LogP contribution in [0.5, 0.6) is 11.5 Å². The summed E-state index contributed by atoms with van der Waals surface area (Å²) in [5.74, 6) is 1.14. The van der Waals surface area contributed by atoms with E-state index in [0.717, 1.165) is 17.7 Å². The maximum atomic E-state index is 6.44. The first-order valence-electron chi connectivity index (χ1n) is 8.49. The van der Waals surface area contributed by atoms with Crippen LogP contribution in [0.1, 0.15) is 16.7 Å². The number of ether oxygens (including phenoxy) is 2. The number of nitrogens with zero attached hydrogens (tertiary/aromatic N) is 1. The highest BCUT2D eigenvalue weighted by molar-refractivity contribution is 6.32. The molecule has 0 atom stereocenters. The van der Waals surface area contributed by atoms with Crippen molar-refractivity contribution in [2.24, 2.45) is 0 Å². The highest BCUT2D eigenvalue weighted by atomic mass is 35.5. The van der Waals surface area contributed by atoms with Crippen molar-refractivity contribution < 1.29 is 9.47 Å². The van der Waals surface area contributed by atoms with Crippen LogP contribution in [0.15, 0.2) is 60.9 Å². The maximum absolute atomic E-state index is 6.44. The molecule has 0 saturated carbocycles. The standard InChI is InChI=1S/C21H20Cl2N2O2/c1-26-20-11-17(13-25-12-15-6-8-24-9-7-15)10-19(23)21(20)27-14-16-2-4-18(22)5-3-16/h2-11,25H,12-14H2,1H3. The molecule has 0 fully saturated rings. The number of methoxy groups -OCH3 is 1. The second kappa shape index (κ2) is 9.60. The lowest BCUT2D eigenvalue weighted by Gasteiger charge is -2.15. The summed E-state index contributed by atoms with van der Waals surface area (Å²) in [6.07, 6.45) is 3.56. The van der Waals surface area contributed by atoms with E-state index < -0.39 is 0 Å². The summed E-state index contributed by atoms with van der Waals surface area (Å²) in [6.45, 7) is 1.79. The van der Waals surface area contributed by atoms with Gasteiger partial charge in [0.2, 0.25) is 0 Å². The van der Waals surface area contributed by atoms with Crippen LogP contribution >= 0.6 is 23.2 Å². The number of aromatic nitrogens is 1. The van der Waals surface area contributed by atoms with Crippen molar-refractivity contribution in [3.05, 3.63) is 87.7 Å². The first-order valence-corrected chi connectivity index (χ1v) is 9.24. The molecule has 27 heavy (non-hydrogen) atoms. The summed E-state index contributed by atoms with van der Waals surface area (Å²) >= 11 is 12.3. The summed E-state index contributed by atoms with van der Waals surface area (Å²) in [5, 5.41) is 4.59. The van der Waals surface area contributed by atoms with Gasteiger partial charge in [0.05, 0.1) is 12.1 Å². The third kappa shape index (κ3) is 5.60. The number of halogens is 2. The Labute approximate surface area is 169 Å². The van der Waals surface area contributed by atoms with Crippen molar-refractivity contribution in [3.63, 3.8) is 0 Å². The van der Waals surface area contributed by atoms with Gasteiger partial charge in [-0.25, -0.2) is 0 Å². The molecule has 0 saturated heterocycles. The van der Waals surface area contributed by atoms with Gasteiger partial charge in [0.1, 0.15) is 6.61 Å². The van der Waals surface area contributed by atoms with Crippen LogP contribution in [0.25, 0.3) is 0 Å². The molecule has 3 aromatic rings. The molecule has 1 heterocycles. The van der Waals surface area contributed by atoms with Gasteiger partial charge in [-0.1, -0.05) is 35.3 Å². The van der Waals surface area contributed by atoms with Gasteiger partial charge >= 0.3 is 0 Å². The van der Waals surface area contributed by atoms with Gasteiger partial charge in [-0.05, 0) is 53.1 Å². The minimum Gasteiger partial charge on any atom is -0.493 e. The van der Waals surface area contributed by atoms with Gasteiger partial charge in [0.25, 0.3) is 0 Å². The van der Waals surface area contributed by atoms with Crippen molar-refractivity contribution in [2.75, 3.05) is 7.11 Å². The van der Waals surface area contributed by atoms with Gasteiger partial charge in [-0.15, -0.1) is 0 Å². The highest BCUT2D eigenvalue weighted by Gasteiger charge is 2.12. The number of pyridine rings is 1. The van der Waals surface area contributed by atoms with E-state index in [2.05, 4.69) is 10.3 Å². The van der Waals surface area contributed by atoms with Crippen molar-refractivity contribution in [1.29, 1.82) is 0 Å². The molecule has 4 nitrogen and oxygen atoms in total. The molecule has 0 aliphatic rings. The Bertz CT molecular complexity index is 871. The number of nitrogens with one attached hydrogen (secondary N) is 1. The average Bonchev–Trinajstić information content (AvgIpc) is 2.69. The van der Waals surface area contributed by atoms with Gasteiger partial charge in [-0.3, -0.25) is 4.98 Å². The molecule has 1 N–H and O–H groups in total. The lowest BCUT2D eigenvalue weighted by atomic mass is 10.2. The Morgan fingerprint density at radius 2 is 1.59 bits per heavy atom. The van der Waals surface area contributed by atoms with Gasteiger partial charge in [0.15, 0.2) is 11.5 Å². The van der Waals surface area contributed by atoms with Crippen LogP contribution in [0.3, 0.4) is 0 Å². The second-order valence-corrected chi connectivity index (χ2v) is 6.83. The summed E-state index contributed by atoms with van der Waals surface area (Å²) in [5.41, 5.74) is 3.19. The van der Waals surface area contributed by atoms with Crippen molar-refractivity contribution in [1.82, 2.24) is 10.3 Å². The second-order valence-electron chi connectivity index (χ2n) is 5.98. The molecule has 2 aromatic carbocycles. The third-order valence-corrected chi connectivity index (χ3v) is 4.53. The molecule has 0 aliphatic heterocycles. The average molecular weight is 403 g/mol. The normalized spacial score (nSPS) is 10.6. The van der Waals surface area contributed by atoms with Crippen LogP contribution in [0.2, 0.25) is 10.0 Å². The first-order chi connectivity index (χ1) is 13.2. The summed E-state index contributed by atoms with van der Waals surface area (Å²) in [6, 6.07) is 15.3. The molecule has 1 aromatic heterocycles. The third-order valence-electron chi connectivity index (χ3n) is 3.99. The minimum atomic E-state index is 0.382. The van der Waals surface area contributed by atoms with Crippen LogP contribution in [-0.2, 0) is 19.7 Å². The molecule has 140 valence electrons. The van der Waals surface area contributed by atoms with Crippen molar-refractivity contribution in [3.8, 4) is 11.5 Å². The van der Waals surface area contributed by atoms with Gasteiger partial charge in [-0.2, -0.15) is 0 Å². The van der Waals surface area contributed by atoms with Crippen LogP contribution < -0.4 is 14.8 Å². The molecule has 0 unspecified atom stereocenters. The number of benzene rings is 2. The fourth-order valence-corrected chi connectivity index (χ4v) is 3.02. The van der Waals surface area contributed by atoms with Gasteiger partial charge in [0, 0.05) is 30.5 Å². The van der Waals surface area contributed by atoms with Crippen LogP contribution in [0.4, 0.5) is 0 Å². The molecule has 0 radical (unpaired) electrons. The van der Waals surface area contributed by atoms with E-state index in [1.807, 2.05) is 48.5 Å². The maximum Gasteiger partial charge on any atom is 0.180 e. The first kappa shape index (κ1) is 19.5. The Balaban J connectivity index is 1.64. The number of hydrogen-bond acceptors (Lipinski definition) is 4. The Hall–Kier alpha value is -2.27. The van der Waals surface area contributed by atoms with Gasteiger partial charge < -0.3 is 14.8 Å². The minimum absolute atomic E-state index is 0.382. The number of hydrogen-bond donors (Lipinski definition) is 1. The zero-order chi connectivity index (χ0) is 19.1. The zero-order valence-electron chi connectivity index (χ0n) is 14.9. The molecule has 0 spiro atoms. The topological polar surface area (TPSA) is 43.4 Å². The molecule has 0 aliphatic carbocycles. The molecule has 0 bridgehead atoms. The van der Waals surface area contributed by atoms with E-state index in [0.29, 0.717) is 34.7 Å². The highest BCUT2D eigenvalue weighted by Crippen LogP contribution is 2.37. The van der Waals surface area contributed by atoms with E-state index in [-0.39, 0.29) is 0 Å². The Morgan fingerprint density at radius 3 is 2.30 bits per heavy atom. The Kier molecular flexibility index (Phi) is 6.93. The van der Waals surface area contributed by atoms with Crippen molar-refractivity contribution in [2.45, 2.75) is 19.7 Å². The SMILES string of the molecule is COc1cc(CNCc2ccncc2)cc(Cl)c1OCc1ccc(Cl)cc1.